The molecule has 4 aromatic carbocycles. The lowest BCUT2D eigenvalue weighted by atomic mass is 9.91. The van der Waals surface area contributed by atoms with E-state index in [1.165, 1.54) is 22.3 Å². The number of phenolic OH excluding ortho intramolecular Hbond substituents is 1. The van der Waals surface area contributed by atoms with Crippen molar-refractivity contribution in [2.45, 2.75) is 11.8 Å². The number of halogens is 2. The van der Waals surface area contributed by atoms with Crippen molar-refractivity contribution in [2.75, 3.05) is 34.3 Å². The van der Waals surface area contributed by atoms with E-state index in [4.69, 9.17) is 4.74 Å². The third-order valence-electron chi connectivity index (χ3n) is 6.17. The molecule has 0 aliphatic carbocycles. The van der Waals surface area contributed by atoms with E-state index >= 15 is 0 Å². The summed E-state index contributed by atoms with van der Waals surface area (Å²) in [5, 5.41) is 15.8. The van der Waals surface area contributed by atoms with Gasteiger partial charge in [-0.15, -0.1) is 0 Å². The molecule has 0 bridgehead atoms. The van der Waals surface area contributed by atoms with Crippen molar-refractivity contribution < 1.29 is 9.84 Å². The van der Waals surface area contributed by atoms with Crippen LogP contribution in [0.2, 0.25) is 0 Å². The average Bonchev–Trinajstić information content (AvgIpc) is 2.93. The fraction of sp³-hybridized carbons (Fsp3) is 0.226. The second-order valence-electron chi connectivity index (χ2n) is 8.69. The van der Waals surface area contributed by atoms with Crippen LogP contribution in [0.5, 0.6) is 11.5 Å². The Morgan fingerprint density at radius 2 is 0.919 bits per heavy atom. The summed E-state index contributed by atoms with van der Waals surface area (Å²) in [6.45, 7) is 1.78. The number of nitrogens with one attached hydrogen (secondary N) is 2. The van der Waals surface area contributed by atoms with E-state index in [0.29, 0.717) is 17.6 Å². The molecule has 0 saturated carbocycles. The van der Waals surface area contributed by atoms with Crippen LogP contribution in [0.25, 0.3) is 0 Å². The number of methoxy groups -OCH3 is 1. The molecule has 3 N–H and O–H groups in total. The number of hydrogen-bond donors (Lipinski definition) is 3. The van der Waals surface area contributed by atoms with E-state index in [2.05, 4.69) is 103 Å². The minimum atomic E-state index is 0.295. The van der Waals surface area contributed by atoms with Gasteiger partial charge in [-0.2, -0.15) is 0 Å². The van der Waals surface area contributed by atoms with Gasteiger partial charge in [0.05, 0.1) is 7.11 Å². The molecule has 0 aliphatic heterocycles. The maximum absolute atomic E-state index is 9.35. The Bertz CT molecular complexity index is 1150. The Balaban J connectivity index is 0.000000206. The molecule has 0 radical (unpaired) electrons. The topological polar surface area (TPSA) is 53.5 Å². The summed E-state index contributed by atoms with van der Waals surface area (Å²) in [5.74, 6) is 1.84. The molecule has 4 nitrogen and oxygen atoms in total. The fourth-order valence-corrected chi connectivity index (χ4v) is 4.73. The van der Waals surface area contributed by atoms with Crippen LogP contribution in [0.3, 0.4) is 0 Å². The number of likely N-dealkylation sites (N-methyl/N-ethyl adjacent to an activating group) is 2. The highest BCUT2D eigenvalue weighted by Crippen LogP contribution is 2.28. The van der Waals surface area contributed by atoms with Gasteiger partial charge in [-0.1, -0.05) is 80.4 Å². The minimum Gasteiger partial charge on any atom is -0.508 e. The molecule has 0 aliphatic rings. The monoisotopic (exact) mass is 624 g/mol. The maximum atomic E-state index is 9.35. The number of ether oxygens (including phenoxy) is 1. The molecule has 2 atom stereocenters. The summed E-state index contributed by atoms with van der Waals surface area (Å²) in [4.78, 5) is 0. The number of hydrogen-bond acceptors (Lipinski definition) is 4. The normalized spacial score (nSPS) is 12.2. The molecule has 0 aromatic heterocycles. The molecular formula is C31H34Br2N2O2. The second-order valence-corrected chi connectivity index (χ2v) is 10.5. The van der Waals surface area contributed by atoms with Gasteiger partial charge in [0.2, 0.25) is 0 Å². The standard InChI is InChI=1S/C16H18BrNO.C15H16BrNO/c1-18-11-16(12-3-7-14(17)8-4-12)13-5-9-15(19-2)10-6-13;1-17-10-15(11-2-6-13(16)7-3-11)12-4-8-14(18)9-5-12/h3-10,16,18H,11H2,1-2H3;2-9,15,17-18H,10H2,1H3. The summed E-state index contributed by atoms with van der Waals surface area (Å²) in [7, 11) is 5.62. The Hall–Kier alpha value is -2.64. The third-order valence-corrected chi connectivity index (χ3v) is 7.23. The van der Waals surface area contributed by atoms with Gasteiger partial charge >= 0.3 is 0 Å². The fourth-order valence-electron chi connectivity index (χ4n) is 4.20. The van der Waals surface area contributed by atoms with Crippen molar-refractivity contribution in [1.29, 1.82) is 0 Å². The van der Waals surface area contributed by atoms with Gasteiger partial charge in [0.15, 0.2) is 0 Å². The summed E-state index contributed by atoms with van der Waals surface area (Å²) in [6.07, 6.45) is 0. The van der Waals surface area contributed by atoms with E-state index in [1.54, 1.807) is 19.2 Å². The van der Waals surface area contributed by atoms with Gasteiger partial charge in [0.25, 0.3) is 0 Å². The van der Waals surface area contributed by atoms with Crippen LogP contribution in [0, 0.1) is 0 Å². The van der Waals surface area contributed by atoms with Gasteiger partial charge in [0.1, 0.15) is 11.5 Å². The molecule has 37 heavy (non-hydrogen) atoms. The van der Waals surface area contributed by atoms with E-state index in [-0.39, 0.29) is 0 Å². The summed E-state index contributed by atoms with van der Waals surface area (Å²) in [5.41, 5.74) is 5.06. The molecule has 0 fully saturated rings. The zero-order valence-electron chi connectivity index (χ0n) is 21.4. The largest absolute Gasteiger partial charge is 0.508 e. The van der Waals surface area contributed by atoms with E-state index in [0.717, 1.165) is 27.8 Å². The van der Waals surface area contributed by atoms with Gasteiger partial charge < -0.3 is 20.5 Å². The van der Waals surface area contributed by atoms with Crippen molar-refractivity contribution in [2.24, 2.45) is 0 Å². The molecule has 0 amide bonds. The van der Waals surface area contributed by atoms with Crippen LogP contribution >= 0.6 is 31.9 Å². The van der Waals surface area contributed by atoms with Crippen LogP contribution in [0.1, 0.15) is 34.1 Å². The first kappa shape index (κ1) is 28.9. The first-order chi connectivity index (χ1) is 17.9. The van der Waals surface area contributed by atoms with Crippen molar-refractivity contribution in [3.63, 3.8) is 0 Å². The number of rotatable bonds is 9. The zero-order chi connectivity index (χ0) is 26.6. The Morgan fingerprint density at radius 1 is 0.595 bits per heavy atom. The summed E-state index contributed by atoms with van der Waals surface area (Å²) >= 11 is 6.93. The molecule has 0 heterocycles. The van der Waals surface area contributed by atoms with Gasteiger partial charge in [-0.3, -0.25) is 0 Å². The second kappa shape index (κ2) is 14.9. The third kappa shape index (κ3) is 8.71. The van der Waals surface area contributed by atoms with Crippen LogP contribution < -0.4 is 15.4 Å². The average molecular weight is 626 g/mol. The predicted molar refractivity (Wildman–Crippen MR) is 161 cm³/mol. The van der Waals surface area contributed by atoms with Gasteiger partial charge in [-0.25, -0.2) is 0 Å². The Labute approximate surface area is 237 Å². The number of benzene rings is 4. The van der Waals surface area contributed by atoms with E-state index in [1.807, 2.05) is 38.4 Å². The zero-order valence-corrected chi connectivity index (χ0v) is 24.6. The smallest absolute Gasteiger partial charge is 0.118 e. The maximum Gasteiger partial charge on any atom is 0.118 e. The minimum absolute atomic E-state index is 0.295. The molecule has 194 valence electrons. The van der Waals surface area contributed by atoms with Crippen LogP contribution in [0.15, 0.2) is 106 Å². The number of aromatic hydroxyl groups is 1. The molecule has 6 heteroatoms. The van der Waals surface area contributed by atoms with Crippen molar-refractivity contribution in [3.05, 3.63) is 128 Å². The van der Waals surface area contributed by atoms with E-state index in [9.17, 15) is 5.11 Å². The number of phenols is 1. The lowest BCUT2D eigenvalue weighted by Crippen LogP contribution is -2.18. The lowest BCUT2D eigenvalue weighted by Gasteiger charge is -2.18. The Kier molecular flexibility index (Phi) is 11.7. The first-order valence-electron chi connectivity index (χ1n) is 12.2. The van der Waals surface area contributed by atoms with Gasteiger partial charge in [0, 0.05) is 33.9 Å². The predicted octanol–water partition coefficient (Wildman–Crippen LogP) is 7.32. The Morgan fingerprint density at radius 3 is 1.24 bits per heavy atom. The molecule has 4 rings (SSSR count). The SMILES string of the molecule is CNCC(c1ccc(Br)cc1)c1ccc(OC)cc1.CNCC(c1ccc(O)cc1)c1ccc(Br)cc1. The highest BCUT2D eigenvalue weighted by molar-refractivity contribution is 9.10. The molecule has 4 aromatic rings. The quantitative estimate of drug-likeness (QED) is 0.182. The van der Waals surface area contributed by atoms with Crippen LogP contribution in [-0.4, -0.2) is 39.4 Å². The van der Waals surface area contributed by atoms with Crippen molar-refractivity contribution >= 4 is 31.9 Å². The van der Waals surface area contributed by atoms with Crippen molar-refractivity contribution in [1.82, 2.24) is 10.6 Å². The van der Waals surface area contributed by atoms with E-state index < -0.39 is 0 Å². The molecule has 2 unspecified atom stereocenters. The summed E-state index contributed by atoms with van der Waals surface area (Å²) in [6, 6.07) is 32.5. The molecule has 0 saturated heterocycles. The van der Waals surface area contributed by atoms with Crippen LogP contribution in [0.4, 0.5) is 0 Å². The highest BCUT2D eigenvalue weighted by Gasteiger charge is 2.14. The molecular weight excluding hydrogens is 592 g/mol. The highest BCUT2D eigenvalue weighted by atomic mass is 79.9. The van der Waals surface area contributed by atoms with Gasteiger partial charge in [-0.05, 0) is 84.9 Å². The lowest BCUT2D eigenvalue weighted by molar-refractivity contribution is 0.414. The molecule has 0 spiro atoms. The van der Waals surface area contributed by atoms with Crippen molar-refractivity contribution in [3.8, 4) is 11.5 Å². The first-order valence-corrected chi connectivity index (χ1v) is 13.8. The summed E-state index contributed by atoms with van der Waals surface area (Å²) < 4.78 is 7.40. The van der Waals surface area contributed by atoms with Crippen LogP contribution in [-0.2, 0) is 0 Å².